The van der Waals surface area contributed by atoms with Crippen molar-refractivity contribution in [2.45, 2.75) is 33.1 Å². The van der Waals surface area contributed by atoms with Crippen molar-refractivity contribution in [1.29, 1.82) is 0 Å². The van der Waals surface area contributed by atoms with Gasteiger partial charge in [0.25, 0.3) is 0 Å². The Kier molecular flexibility index (Phi) is 4.53. The third kappa shape index (κ3) is 2.90. The second kappa shape index (κ2) is 6.17. The molecule has 106 valence electrons. The number of hydrogen-bond acceptors (Lipinski definition) is 2. The molecule has 0 heterocycles. The number of carbonyl (C=O) groups is 2. The van der Waals surface area contributed by atoms with Gasteiger partial charge in [0.05, 0.1) is 0 Å². The van der Waals surface area contributed by atoms with Crippen LogP contribution < -0.4 is 0 Å². The van der Waals surface area contributed by atoms with Crippen molar-refractivity contribution >= 4 is 11.6 Å². The predicted octanol–water partition coefficient (Wildman–Crippen LogP) is 4.07. The van der Waals surface area contributed by atoms with Gasteiger partial charge < -0.3 is 0 Å². The highest BCUT2D eigenvalue weighted by Gasteiger charge is 2.37. The fraction of sp³-hybridized carbons (Fsp3) is 0.444. The molecule has 2 nitrogen and oxygen atoms in total. The first-order chi connectivity index (χ1) is 9.54. The molecule has 1 aliphatic carbocycles. The largest absolute Gasteiger partial charge is 0.299 e. The van der Waals surface area contributed by atoms with Crippen LogP contribution in [0.3, 0.4) is 0 Å². The van der Waals surface area contributed by atoms with Crippen LogP contribution >= 0.6 is 0 Å². The highest BCUT2D eigenvalue weighted by molar-refractivity contribution is 6.00. The lowest BCUT2D eigenvalue weighted by molar-refractivity contribution is -0.124. The molecule has 0 amide bonds. The van der Waals surface area contributed by atoms with Crippen molar-refractivity contribution in [2.75, 3.05) is 0 Å². The van der Waals surface area contributed by atoms with E-state index < -0.39 is 0 Å². The van der Waals surface area contributed by atoms with Gasteiger partial charge in [0.2, 0.25) is 0 Å². The Bertz CT molecular complexity index is 515. The molecule has 0 unspecified atom stereocenters. The number of benzene rings is 1. The van der Waals surface area contributed by atoms with Crippen LogP contribution in [-0.4, -0.2) is 11.6 Å². The first kappa shape index (κ1) is 14.7. The number of hydrogen-bond donors (Lipinski definition) is 0. The average molecular weight is 270 g/mol. The fourth-order valence-corrected chi connectivity index (χ4v) is 3.16. The molecule has 0 bridgehead atoms. The van der Waals surface area contributed by atoms with Crippen LogP contribution in [0.2, 0.25) is 0 Å². The topological polar surface area (TPSA) is 34.1 Å². The molecule has 1 aromatic carbocycles. The first-order valence-corrected chi connectivity index (χ1v) is 7.34. The minimum atomic E-state index is -0.200. The summed E-state index contributed by atoms with van der Waals surface area (Å²) in [5.41, 5.74) is 1.70. The van der Waals surface area contributed by atoms with E-state index in [4.69, 9.17) is 0 Å². The van der Waals surface area contributed by atoms with Gasteiger partial charge in [0.1, 0.15) is 5.78 Å². The molecule has 2 rings (SSSR count). The van der Waals surface area contributed by atoms with Crippen LogP contribution in [0.1, 0.15) is 43.5 Å². The molecule has 1 saturated carbocycles. The normalized spacial score (nSPS) is 26.3. The Morgan fingerprint density at radius 3 is 2.50 bits per heavy atom. The molecule has 0 radical (unpaired) electrons. The Balaban J connectivity index is 2.20. The number of carbonyl (C=O) groups excluding carboxylic acids is 2. The second-order valence-corrected chi connectivity index (χ2v) is 5.78. The summed E-state index contributed by atoms with van der Waals surface area (Å²) in [6.45, 7) is 8.07. The van der Waals surface area contributed by atoms with E-state index in [2.05, 4.69) is 13.5 Å². The van der Waals surface area contributed by atoms with Crippen molar-refractivity contribution in [3.8, 4) is 0 Å². The van der Waals surface area contributed by atoms with E-state index in [9.17, 15) is 9.59 Å². The van der Waals surface area contributed by atoms with Crippen LogP contribution in [-0.2, 0) is 4.79 Å². The van der Waals surface area contributed by atoms with E-state index in [1.165, 1.54) is 0 Å². The van der Waals surface area contributed by atoms with Gasteiger partial charge in [0.15, 0.2) is 5.78 Å². The Labute approximate surface area is 120 Å². The Morgan fingerprint density at radius 2 is 1.90 bits per heavy atom. The Morgan fingerprint density at radius 1 is 1.25 bits per heavy atom. The molecular formula is C18H22O2. The maximum absolute atomic E-state index is 12.6. The third-order valence-electron chi connectivity index (χ3n) is 4.39. The zero-order valence-corrected chi connectivity index (χ0v) is 12.3. The molecular weight excluding hydrogens is 248 g/mol. The molecule has 20 heavy (non-hydrogen) atoms. The van der Waals surface area contributed by atoms with Gasteiger partial charge in [-0.2, -0.15) is 0 Å². The zero-order valence-electron chi connectivity index (χ0n) is 12.3. The molecule has 0 N–H and O–H groups in total. The van der Waals surface area contributed by atoms with Crippen LogP contribution in [0.25, 0.3) is 0 Å². The van der Waals surface area contributed by atoms with Crippen LogP contribution in [0.15, 0.2) is 42.5 Å². The average Bonchev–Trinajstić information content (AvgIpc) is 2.47. The molecule has 1 aromatic rings. The fourth-order valence-electron chi connectivity index (χ4n) is 3.16. The maximum atomic E-state index is 12.6. The van der Waals surface area contributed by atoms with E-state index in [1.807, 2.05) is 37.3 Å². The van der Waals surface area contributed by atoms with E-state index in [0.29, 0.717) is 18.8 Å². The summed E-state index contributed by atoms with van der Waals surface area (Å²) in [4.78, 5) is 24.6. The molecule has 0 aromatic heterocycles. The lowest BCUT2D eigenvalue weighted by Crippen LogP contribution is -2.33. The van der Waals surface area contributed by atoms with Gasteiger partial charge in [-0.3, -0.25) is 9.59 Å². The third-order valence-corrected chi connectivity index (χ3v) is 4.39. The lowest BCUT2D eigenvalue weighted by Gasteiger charge is -2.34. The summed E-state index contributed by atoms with van der Waals surface area (Å²) >= 11 is 0. The van der Waals surface area contributed by atoms with Crippen molar-refractivity contribution < 1.29 is 9.59 Å². The molecule has 0 saturated heterocycles. The van der Waals surface area contributed by atoms with Crippen LogP contribution in [0, 0.1) is 17.8 Å². The summed E-state index contributed by atoms with van der Waals surface area (Å²) in [7, 11) is 0. The standard InChI is InChI=1S/C18H22O2/c1-4-17(19)15-11-16(13(3)10-12(15)2)18(20)14-8-6-5-7-9-14/h5-9,12,15-16H,3-4,10-11H2,1-2H3/t12-,15-,16-/m0/s1. The lowest BCUT2D eigenvalue weighted by atomic mass is 9.68. The van der Waals surface area contributed by atoms with Crippen molar-refractivity contribution in [3.05, 3.63) is 48.0 Å². The summed E-state index contributed by atoms with van der Waals surface area (Å²) in [5.74, 6) is 0.485. The van der Waals surface area contributed by atoms with Gasteiger partial charge in [-0.25, -0.2) is 0 Å². The van der Waals surface area contributed by atoms with E-state index in [1.54, 1.807) is 0 Å². The molecule has 2 heteroatoms. The number of allylic oxidation sites excluding steroid dienone is 1. The van der Waals surface area contributed by atoms with Gasteiger partial charge in [0, 0.05) is 23.8 Å². The van der Waals surface area contributed by atoms with Crippen molar-refractivity contribution in [3.63, 3.8) is 0 Å². The van der Waals surface area contributed by atoms with Gasteiger partial charge >= 0.3 is 0 Å². The van der Waals surface area contributed by atoms with E-state index in [0.717, 1.165) is 17.6 Å². The van der Waals surface area contributed by atoms with Crippen molar-refractivity contribution in [1.82, 2.24) is 0 Å². The van der Waals surface area contributed by atoms with Gasteiger partial charge in [-0.1, -0.05) is 56.3 Å². The van der Waals surface area contributed by atoms with E-state index >= 15 is 0 Å². The minimum absolute atomic E-state index is 0.00293. The molecule has 0 spiro atoms. The van der Waals surface area contributed by atoms with Crippen LogP contribution in [0.4, 0.5) is 0 Å². The maximum Gasteiger partial charge on any atom is 0.169 e. The number of Topliss-reactive ketones (excluding diaryl/α,β-unsaturated/α-hetero) is 2. The highest BCUT2D eigenvalue weighted by atomic mass is 16.1. The summed E-state index contributed by atoms with van der Waals surface area (Å²) in [6, 6.07) is 9.32. The van der Waals surface area contributed by atoms with Crippen LogP contribution in [0.5, 0.6) is 0 Å². The van der Waals surface area contributed by atoms with Gasteiger partial charge in [-0.15, -0.1) is 0 Å². The quantitative estimate of drug-likeness (QED) is 0.610. The molecule has 0 aliphatic heterocycles. The van der Waals surface area contributed by atoms with E-state index in [-0.39, 0.29) is 23.4 Å². The SMILES string of the molecule is C=C1C[C@H](C)[C@@H](C(=O)CC)C[C@@H]1C(=O)c1ccccc1. The highest BCUT2D eigenvalue weighted by Crippen LogP contribution is 2.39. The second-order valence-electron chi connectivity index (χ2n) is 5.78. The number of rotatable bonds is 4. The minimum Gasteiger partial charge on any atom is -0.299 e. The predicted molar refractivity (Wildman–Crippen MR) is 80.6 cm³/mol. The molecule has 3 atom stereocenters. The molecule has 1 aliphatic rings. The zero-order chi connectivity index (χ0) is 14.7. The summed E-state index contributed by atoms with van der Waals surface area (Å²) in [6.07, 6.45) is 1.95. The van der Waals surface area contributed by atoms with Crippen molar-refractivity contribution in [2.24, 2.45) is 17.8 Å². The monoisotopic (exact) mass is 270 g/mol. The summed E-state index contributed by atoms with van der Waals surface area (Å²) in [5, 5.41) is 0. The smallest absolute Gasteiger partial charge is 0.169 e. The summed E-state index contributed by atoms with van der Waals surface area (Å²) < 4.78 is 0. The van der Waals surface area contributed by atoms with Gasteiger partial charge in [-0.05, 0) is 18.8 Å². The molecule has 1 fully saturated rings. The Hall–Kier alpha value is -1.70. The first-order valence-electron chi connectivity index (χ1n) is 7.34. The number of ketones is 2.